The lowest BCUT2D eigenvalue weighted by atomic mass is 10.2. The highest BCUT2D eigenvalue weighted by Gasteiger charge is 2.09. The van der Waals surface area contributed by atoms with Crippen LogP contribution in [0.3, 0.4) is 0 Å². The third-order valence-electron chi connectivity index (χ3n) is 2.97. The number of hydrogen-bond acceptors (Lipinski definition) is 5. The van der Waals surface area contributed by atoms with Crippen molar-refractivity contribution in [3.8, 4) is 0 Å². The average molecular weight is 297 g/mol. The van der Waals surface area contributed by atoms with Crippen LogP contribution < -0.4 is 16.2 Å². The lowest BCUT2D eigenvalue weighted by Crippen LogP contribution is -2.31. The maximum atomic E-state index is 11.3. The molecule has 3 aromatic carbocycles. The molecule has 6 nitrogen and oxygen atoms in total. The molecule has 0 spiro atoms. The predicted octanol–water partition coefficient (Wildman–Crippen LogP) is 1.11. The van der Waals surface area contributed by atoms with Crippen molar-refractivity contribution < 1.29 is 15.1 Å². The highest BCUT2D eigenvalue weighted by atomic mass is 16.4. The van der Waals surface area contributed by atoms with Crippen molar-refractivity contribution in [2.24, 2.45) is 5.16 Å². The lowest BCUT2D eigenvalue weighted by Gasteiger charge is -1.88. The zero-order valence-electron chi connectivity index (χ0n) is 11.3. The maximum absolute atomic E-state index is 11.3. The summed E-state index contributed by atoms with van der Waals surface area (Å²) in [6.07, 6.45) is 0. The van der Waals surface area contributed by atoms with Crippen molar-refractivity contribution in [2.45, 2.75) is 0 Å². The van der Waals surface area contributed by atoms with Crippen molar-refractivity contribution in [2.75, 3.05) is 0 Å². The molecule has 3 aromatic rings. The Kier molecular flexibility index (Phi) is 4.43. The van der Waals surface area contributed by atoms with Crippen LogP contribution in [0.25, 0.3) is 10.8 Å². The van der Waals surface area contributed by atoms with E-state index in [2.05, 4.69) is 5.16 Å². The standard InChI is InChI=1S/C9H5NO3.C7H6O2/c11-8-5-3-1-2-4-6(5)9(12)7(8)10-13;8-7(9)6-4-2-1-3-5-6/h1-4,13H;1-5H,(H,8,9). The third-order valence-corrected chi connectivity index (χ3v) is 2.97. The van der Waals surface area contributed by atoms with Gasteiger partial charge in [0.1, 0.15) is 0 Å². The van der Waals surface area contributed by atoms with E-state index in [1.54, 1.807) is 42.5 Å². The van der Waals surface area contributed by atoms with E-state index >= 15 is 0 Å². The number of fused-ring (bicyclic) bond motifs is 1. The normalized spacial score (nSPS) is 9.82. The second-order valence-electron chi connectivity index (χ2n) is 4.32. The fourth-order valence-electron chi connectivity index (χ4n) is 1.91. The molecule has 0 unspecified atom stereocenters. The van der Waals surface area contributed by atoms with Crippen LogP contribution in [-0.2, 0) is 0 Å². The Labute approximate surface area is 123 Å². The van der Waals surface area contributed by atoms with Gasteiger partial charge in [-0.3, -0.25) is 9.59 Å². The van der Waals surface area contributed by atoms with Gasteiger partial charge in [-0.25, -0.2) is 4.79 Å². The van der Waals surface area contributed by atoms with Crippen LogP contribution in [0.4, 0.5) is 0 Å². The van der Waals surface area contributed by atoms with Crippen LogP contribution >= 0.6 is 0 Å². The smallest absolute Gasteiger partial charge is 0.335 e. The Morgan fingerprint density at radius 1 is 0.818 bits per heavy atom. The summed E-state index contributed by atoms with van der Waals surface area (Å²) >= 11 is 0. The van der Waals surface area contributed by atoms with Gasteiger partial charge in [-0.1, -0.05) is 47.6 Å². The van der Waals surface area contributed by atoms with Crippen molar-refractivity contribution in [3.63, 3.8) is 0 Å². The largest absolute Gasteiger partial charge is 0.478 e. The summed E-state index contributed by atoms with van der Waals surface area (Å²) in [6.45, 7) is 0. The number of carboxylic acids is 1. The molecule has 0 aliphatic carbocycles. The molecule has 0 aliphatic heterocycles. The summed E-state index contributed by atoms with van der Waals surface area (Å²) in [6, 6.07) is 14.7. The first-order valence-corrected chi connectivity index (χ1v) is 6.25. The molecule has 0 radical (unpaired) electrons. The summed E-state index contributed by atoms with van der Waals surface area (Å²) < 4.78 is 0. The van der Waals surface area contributed by atoms with Gasteiger partial charge in [0, 0.05) is 10.8 Å². The summed E-state index contributed by atoms with van der Waals surface area (Å²) in [5.41, 5.74) is -0.691. The van der Waals surface area contributed by atoms with Crippen LogP contribution in [0, 0.1) is 0 Å². The van der Waals surface area contributed by atoms with Gasteiger partial charge in [-0.2, -0.15) is 0 Å². The minimum Gasteiger partial charge on any atom is -0.478 e. The summed E-state index contributed by atoms with van der Waals surface area (Å²) in [4.78, 5) is 32.9. The molecule has 6 heteroatoms. The molecule has 0 bridgehead atoms. The summed E-state index contributed by atoms with van der Waals surface area (Å²) in [7, 11) is 0. The van der Waals surface area contributed by atoms with Crippen LogP contribution in [0.2, 0.25) is 0 Å². The molecule has 110 valence electrons. The van der Waals surface area contributed by atoms with Crippen LogP contribution in [0.5, 0.6) is 0 Å². The van der Waals surface area contributed by atoms with Gasteiger partial charge in [0.25, 0.3) is 0 Å². The molecule has 0 atom stereocenters. The molecule has 0 amide bonds. The molecular weight excluding hydrogens is 286 g/mol. The summed E-state index contributed by atoms with van der Waals surface area (Å²) in [5.74, 6) is -0.879. The van der Waals surface area contributed by atoms with Gasteiger partial charge in [-0.05, 0) is 12.1 Å². The van der Waals surface area contributed by atoms with E-state index in [0.717, 1.165) is 0 Å². The highest BCUT2D eigenvalue weighted by Crippen LogP contribution is 2.01. The van der Waals surface area contributed by atoms with Crippen molar-refractivity contribution in [1.82, 2.24) is 0 Å². The maximum Gasteiger partial charge on any atom is 0.335 e. The quantitative estimate of drug-likeness (QED) is 0.517. The number of aromatic carboxylic acids is 1. The second kappa shape index (κ2) is 6.45. The first kappa shape index (κ1) is 15.1. The Morgan fingerprint density at radius 2 is 1.27 bits per heavy atom. The van der Waals surface area contributed by atoms with Crippen molar-refractivity contribution in [3.05, 3.63) is 86.0 Å². The fourth-order valence-corrected chi connectivity index (χ4v) is 1.91. The summed E-state index contributed by atoms with van der Waals surface area (Å²) in [5, 5.41) is 19.7. The number of hydrogen-bond donors (Lipinski definition) is 2. The predicted molar refractivity (Wildman–Crippen MR) is 79.6 cm³/mol. The van der Waals surface area contributed by atoms with Gasteiger partial charge in [-0.15, -0.1) is 0 Å². The molecule has 0 saturated heterocycles. The molecule has 0 aliphatic rings. The number of carboxylic acid groups (broad SMARTS) is 1. The highest BCUT2D eigenvalue weighted by molar-refractivity contribution is 5.87. The topological polar surface area (TPSA) is 104 Å². The monoisotopic (exact) mass is 297 g/mol. The minimum absolute atomic E-state index is 0.306. The molecule has 0 heterocycles. The molecule has 0 fully saturated rings. The molecule has 2 N–H and O–H groups in total. The number of nitrogens with zero attached hydrogens (tertiary/aromatic N) is 1. The van der Waals surface area contributed by atoms with Gasteiger partial charge in [0.05, 0.1) is 5.56 Å². The zero-order chi connectivity index (χ0) is 16.1. The van der Waals surface area contributed by atoms with Crippen LogP contribution in [-0.4, -0.2) is 16.3 Å². The van der Waals surface area contributed by atoms with E-state index in [-0.39, 0.29) is 0 Å². The molecule has 0 aromatic heterocycles. The average Bonchev–Trinajstić information content (AvgIpc) is 2.80. The molecule has 0 saturated carbocycles. The van der Waals surface area contributed by atoms with Crippen molar-refractivity contribution >= 4 is 16.7 Å². The zero-order valence-corrected chi connectivity index (χ0v) is 11.3. The van der Waals surface area contributed by atoms with Gasteiger partial charge in [0.2, 0.25) is 10.9 Å². The van der Waals surface area contributed by atoms with E-state index in [9.17, 15) is 14.4 Å². The van der Waals surface area contributed by atoms with Crippen LogP contribution in [0.15, 0.2) is 69.3 Å². The molecule has 22 heavy (non-hydrogen) atoms. The fraction of sp³-hybridized carbons (Fsp3) is 0. The van der Waals surface area contributed by atoms with E-state index in [1.807, 2.05) is 0 Å². The first-order valence-electron chi connectivity index (χ1n) is 6.25. The number of benzene rings is 2. The Balaban J connectivity index is 0.000000172. The van der Waals surface area contributed by atoms with E-state index in [0.29, 0.717) is 16.3 Å². The Morgan fingerprint density at radius 3 is 1.64 bits per heavy atom. The van der Waals surface area contributed by atoms with Crippen LogP contribution in [0.1, 0.15) is 10.4 Å². The minimum atomic E-state index is -0.879. The van der Waals surface area contributed by atoms with Gasteiger partial charge >= 0.3 is 5.97 Å². The lowest BCUT2D eigenvalue weighted by molar-refractivity contribution is 0.0697. The first-order chi connectivity index (χ1) is 10.6. The third kappa shape index (κ3) is 2.90. The number of rotatable bonds is 1. The van der Waals surface area contributed by atoms with Gasteiger partial charge in [0.15, 0.2) is 5.36 Å². The SMILES string of the molecule is O=C(O)c1ccccc1.O=c1c(=NO)c(=O)c2ccccc12. The van der Waals surface area contributed by atoms with Gasteiger partial charge < -0.3 is 10.3 Å². The van der Waals surface area contributed by atoms with E-state index < -0.39 is 22.2 Å². The molecular formula is C16H11NO5. The second-order valence-corrected chi connectivity index (χ2v) is 4.32. The molecule has 3 rings (SSSR count). The Bertz CT molecular complexity index is 904. The van der Waals surface area contributed by atoms with E-state index in [4.69, 9.17) is 10.3 Å². The Hall–Kier alpha value is -3.28. The van der Waals surface area contributed by atoms with E-state index in [1.165, 1.54) is 12.1 Å². The van der Waals surface area contributed by atoms with Crippen molar-refractivity contribution in [1.29, 1.82) is 0 Å². The number of carbonyl (C=O) groups is 1.